The zero-order valence-corrected chi connectivity index (χ0v) is 14.8. The number of hydrogen-bond acceptors (Lipinski definition) is 3. The standard InChI is InChI=1S/C22H18N2O3/c1-27-20-11-10-16(13-17(20)22(25)26)15-8-6-14(7-9-15)12-21-23-18-4-2-3-5-19(18)24-21/h2-11,13H,12H2,1H3,(H,23,24)(H,25,26). The van der Waals surface area contributed by atoms with Crippen LogP contribution in [0.3, 0.4) is 0 Å². The molecular formula is C22H18N2O3. The Morgan fingerprint density at radius 1 is 1.04 bits per heavy atom. The van der Waals surface area contributed by atoms with E-state index in [-0.39, 0.29) is 5.56 Å². The van der Waals surface area contributed by atoms with Crippen LogP contribution in [0.4, 0.5) is 0 Å². The number of ether oxygens (including phenoxy) is 1. The van der Waals surface area contributed by atoms with Crippen molar-refractivity contribution in [3.63, 3.8) is 0 Å². The summed E-state index contributed by atoms with van der Waals surface area (Å²) in [6.07, 6.45) is 0.706. The average molecular weight is 358 g/mol. The number of hydrogen-bond donors (Lipinski definition) is 2. The number of aromatic nitrogens is 2. The highest BCUT2D eigenvalue weighted by atomic mass is 16.5. The first-order valence-corrected chi connectivity index (χ1v) is 8.58. The van der Waals surface area contributed by atoms with E-state index in [2.05, 4.69) is 9.97 Å². The van der Waals surface area contributed by atoms with E-state index in [4.69, 9.17) is 4.74 Å². The number of carboxylic acid groups (broad SMARTS) is 1. The van der Waals surface area contributed by atoms with Crippen molar-refractivity contribution in [2.45, 2.75) is 6.42 Å². The summed E-state index contributed by atoms with van der Waals surface area (Å²) in [5.41, 5.74) is 5.07. The number of nitrogens with one attached hydrogen (secondary N) is 1. The number of imidazole rings is 1. The van der Waals surface area contributed by atoms with Gasteiger partial charge in [-0.05, 0) is 41.0 Å². The fourth-order valence-corrected chi connectivity index (χ4v) is 3.15. The monoisotopic (exact) mass is 358 g/mol. The van der Waals surface area contributed by atoms with Gasteiger partial charge >= 0.3 is 5.97 Å². The van der Waals surface area contributed by atoms with Gasteiger partial charge in [-0.25, -0.2) is 9.78 Å². The maximum absolute atomic E-state index is 11.4. The van der Waals surface area contributed by atoms with Crippen molar-refractivity contribution in [1.29, 1.82) is 0 Å². The molecule has 0 radical (unpaired) electrons. The molecule has 0 saturated carbocycles. The summed E-state index contributed by atoms with van der Waals surface area (Å²) >= 11 is 0. The molecule has 4 rings (SSSR count). The lowest BCUT2D eigenvalue weighted by atomic mass is 10.0. The van der Waals surface area contributed by atoms with Crippen LogP contribution in [0.5, 0.6) is 5.75 Å². The van der Waals surface area contributed by atoms with Crippen LogP contribution in [0.2, 0.25) is 0 Å². The molecule has 0 aliphatic heterocycles. The number of methoxy groups -OCH3 is 1. The highest BCUT2D eigenvalue weighted by molar-refractivity contribution is 5.92. The second-order valence-electron chi connectivity index (χ2n) is 6.29. The van der Waals surface area contributed by atoms with Gasteiger partial charge in [-0.1, -0.05) is 42.5 Å². The summed E-state index contributed by atoms with van der Waals surface area (Å²) in [4.78, 5) is 19.3. The molecule has 0 spiro atoms. The van der Waals surface area contributed by atoms with Crippen LogP contribution in [-0.2, 0) is 6.42 Å². The Bertz CT molecular complexity index is 1080. The lowest BCUT2D eigenvalue weighted by Gasteiger charge is -2.08. The molecule has 134 valence electrons. The van der Waals surface area contributed by atoms with Gasteiger partial charge in [-0.2, -0.15) is 0 Å². The number of aromatic carboxylic acids is 1. The quantitative estimate of drug-likeness (QED) is 0.550. The zero-order valence-electron chi connectivity index (χ0n) is 14.8. The molecule has 27 heavy (non-hydrogen) atoms. The van der Waals surface area contributed by atoms with Crippen molar-refractivity contribution < 1.29 is 14.6 Å². The van der Waals surface area contributed by atoms with E-state index in [1.807, 2.05) is 54.6 Å². The maximum atomic E-state index is 11.4. The van der Waals surface area contributed by atoms with Crippen LogP contribution in [0.25, 0.3) is 22.2 Å². The van der Waals surface area contributed by atoms with E-state index in [1.165, 1.54) is 7.11 Å². The third-order valence-electron chi connectivity index (χ3n) is 4.53. The van der Waals surface area contributed by atoms with Crippen molar-refractivity contribution in [3.8, 4) is 16.9 Å². The topological polar surface area (TPSA) is 75.2 Å². The van der Waals surface area contributed by atoms with E-state index in [9.17, 15) is 9.90 Å². The van der Waals surface area contributed by atoms with E-state index < -0.39 is 5.97 Å². The van der Waals surface area contributed by atoms with Crippen LogP contribution in [0.15, 0.2) is 66.7 Å². The van der Waals surface area contributed by atoms with Crippen LogP contribution in [0.1, 0.15) is 21.7 Å². The molecule has 0 aliphatic carbocycles. The molecule has 4 aromatic rings. The molecule has 5 heteroatoms. The van der Waals surface area contributed by atoms with Crippen molar-refractivity contribution >= 4 is 17.0 Å². The lowest BCUT2D eigenvalue weighted by molar-refractivity contribution is 0.0693. The summed E-state index contributed by atoms with van der Waals surface area (Å²) in [5, 5.41) is 9.35. The van der Waals surface area contributed by atoms with Crippen LogP contribution in [0, 0.1) is 0 Å². The van der Waals surface area contributed by atoms with Gasteiger partial charge in [0.15, 0.2) is 0 Å². The summed E-state index contributed by atoms with van der Waals surface area (Å²) < 4.78 is 5.12. The van der Waals surface area contributed by atoms with Crippen LogP contribution in [-0.4, -0.2) is 28.2 Å². The van der Waals surface area contributed by atoms with Gasteiger partial charge in [0.05, 0.1) is 18.1 Å². The first-order valence-electron chi connectivity index (χ1n) is 8.58. The highest BCUT2D eigenvalue weighted by Gasteiger charge is 2.12. The van der Waals surface area contributed by atoms with Crippen molar-refractivity contribution in [2.24, 2.45) is 0 Å². The predicted molar refractivity (Wildman–Crippen MR) is 104 cm³/mol. The SMILES string of the molecule is COc1ccc(-c2ccc(Cc3nc4ccccc4[nH]3)cc2)cc1C(=O)O. The minimum absolute atomic E-state index is 0.154. The van der Waals surface area contributed by atoms with Crippen molar-refractivity contribution in [2.75, 3.05) is 7.11 Å². The normalized spacial score (nSPS) is 10.9. The molecule has 0 amide bonds. The number of nitrogens with zero attached hydrogens (tertiary/aromatic N) is 1. The van der Waals surface area contributed by atoms with Crippen molar-refractivity contribution in [1.82, 2.24) is 9.97 Å². The Morgan fingerprint density at radius 3 is 2.48 bits per heavy atom. The Balaban J connectivity index is 1.58. The first kappa shape index (κ1) is 16.8. The smallest absolute Gasteiger partial charge is 0.339 e. The van der Waals surface area contributed by atoms with E-state index in [1.54, 1.807) is 12.1 Å². The zero-order chi connectivity index (χ0) is 18.8. The second kappa shape index (κ2) is 6.96. The highest BCUT2D eigenvalue weighted by Crippen LogP contribution is 2.27. The van der Waals surface area contributed by atoms with Gasteiger partial charge in [0, 0.05) is 6.42 Å². The number of carbonyl (C=O) groups is 1. The number of para-hydroxylation sites is 2. The molecule has 0 atom stereocenters. The molecule has 0 fully saturated rings. The Kier molecular flexibility index (Phi) is 4.34. The molecule has 1 heterocycles. The van der Waals surface area contributed by atoms with Gasteiger partial charge in [0.25, 0.3) is 0 Å². The molecular weight excluding hydrogens is 340 g/mol. The summed E-state index contributed by atoms with van der Waals surface area (Å²) in [7, 11) is 1.47. The number of benzene rings is 3. The van der Waals surface area contributed by atoms with E-state index in [0.717, 1.165) is 33.5 Å². The molecule has 2 N–H and O–H groups in total. The van der Waals surface area contributed by atoms with E-state index >= 15 is 0 Å². The molecule has 0 saturated heterocycles. The third-order valence-corrected chi connectivity index (χ3v) is 4.53. The average Bonchev–Trinajstić information content (AvgIpc) is 3.10. The van der Waals surface area contributed by atoms with Gasteiger partial charge < -0.3 is 14.8 Å². The molecule has 5 nitrogen and oxygen atoms in total. The minimum atomic E-state index is -1.00. The van der Waals surface area contributed by atoms with Gasteiger partial charge in [-0.3, -0.25) is 0 Å². The molecule has 3 aromatic carbocycles. The summed E-state index contributed by atoms with van der Waals surface area (Å²) in [6.45, 7) is 0. The number of aromatic amines is 1. The fraction of sp³-hybridized carbons (Fsp3) is 0.0909. The largest absolute Gasteiger partial charge is 0.496 e. The lowest BCUT2D eigenvalue weighted by Crippen LogP contribution is -2.00. The van der Waals surface area contributed by atoms with Gasteiger partial charge in [-0.15, -0.1) is 0 Å². The second-order valence-corrected chi connectivity index (χ2v) is 6.29. The van der Waals surface area contributed by atoms with Crippen LogP contribution >= 0.6 is 0 Å². The predicted octanol–water partition coefficient (Wildman–Crippen LogP) is 4.53. The van der Waals surface area contributed by atoms with Gasteiger partial charge in [0.1, 0.15) is 17.1 Å². The number of H-pyrrole nitrogens is 1. The van der Waals surface area contributed by atoms with Crippen molar-refractivity contribution in [3.05, 3.63) is 83.7 Å². The fourth-order valence-electron chi connectivity index (χ4n) is 3.15. The number of carboxylic acids is 1. The molecule has 0 bridgehead atoms. The maximum Gasteiger partial charge on any atom is 0.339 e. The number of rotatable bonds is 5. The van der Waals surface area contributed by atoms with E-state index in [0.29, 0.717) is 12.2 Å². The van der Waals surface area contributed by atoms with Crippen LogP contribution < -0.4 is 4.74 Å². The third kappa shape index (κ3) is 3.40. The summed E-state index contributed by atoms with van der Waals surface area (Å²) in [5.74, 6) is 0.268. The Labute approximate surface area is 156 Å². The molecule has 0 aliphatic rings. The first-order chi connectivity index (χ1) is 13.1. The van der Waals surface area contributed by atoms with Gasteiger partial charge in [0.2, 0.25) is 0 Å². The Hall–Kier alpha value is -3.60. The number of fused-ring (bicyclic) bond motifs is 1. The minimum Gasteiger partial charge on any atom is -0.496 e. The summed E-state index contributed by atoms with van der Waals surface area (Å²) in [6, 6.07) is 21.2. The molecule has 1 aromatic heterocycles. The molecule has 0 unspecified atom stereocenters. The Morgan fingerprint density at radius 2 is 1.78 bits per heavy atom.